The summed E-state index contributed by atoms with van der Waals surface area (Å²) in [6.45, 7) is 0. The van der Waals surface area contributed by atoms with E-state index in [0.717, 1.165) is 12.3 Å². The average Bonchev–Trinajstić information content (AvgIpc) is 2.52. The molecule has 1 saturated heterocycles. The molecule has 3 atom stereocenters. The van der Waals surface area contributed by atoms with Gasteiger partial charge in [0, 0.05) is 5.92 Å². The molecule has 0 spiro atoms. The quantitative estimate of drug-likeness (QED) is 0.440. The topological polar surface area (TPSA) is 26.3 Å². The third-order valence-corrected chi connectivity index (χ3v) is 3.69. The second-order valence-electron chi connectivity index (χ2n) is 3.71. The number of carbonyl (C=O) groups is 1. The van der Waals surface area contributed by atoms with E-state index in [1.54, 1.807) is 0 Å². The molecule has 0 aromatic heterocycles. The predicted molar refractivity (Wildman–Crippen MR) is 54.2 cm³/mol. The van der Waals surface area contributed by atoms with Gasteiger partial charge in [-0.1, -0.05) is 22.6 Å². The molecule has 1 saturated carbocycles. The van der Waals surface area contributed by atoms with E-state index in [4.69, 9.17) is 4.74 Å². The molecule has 0 aromatic rings. The maximum absolute atomic E-state index is 11.0. The number of esters is 1. The first-order valence-corrected chi connectivity index (χ1v) is 6.09. The summed E-state index contributed by atoms with van der Waals surface area (Å²) in [5, 5.41) is 0. The van der Waals surface area contributed by atoms with Crippen LogP contribution in [0.3, 0.4) is 0 Å². The van der Waals surface area contributed by atoms with E-state index in [1.165, 1.54) is 17.3 Å². The van der Waals surface area contributed by atoms with Gasteiger partial charge in [0.25, 0.3) is 0 Å². The molecule has 0 bridgehead atoms. The molecule has 3 heteroatoms. The summed E-state index contributed by atoms with van der Waals surface area (Å²) >= 11 is 2.41. The van der Waals surface area contributed by atoms with Gasteiger partial charge in [0.1, 0.15) is 6.10 Å². The molecular weight excluding hydrogens is 267 g/mol. The highest BCUT2D eigenvalue weighted by atomic mass is 127. The lowest BCUT2D eigenvalue weighted by atomic mass is 9.91. The molecule has 2 fully saturated rings. The Balaban J connectivity index is 1.98. The number of rotatable bonds is 2. The number of ether oxygens (including phenoxy) is 1. The number of alkyl halides is 1. The molecule has 1 aliphatic heterocycles. The van der Waals surface area contributed by atoms with Crippen molar-refractivity contribution >= 4 is 28.6 Å². The minimum Gasteiger partial charge on any atom is -0.462 e. The number of halogens is 1. The van der Waals surface area contributed by atoms with Gasteiger partial charge in [-0.15, -0.1) is 0 Å². The van der Waals surface area contributed by atoms with Gasteiger partial charge in [0.05, 0.1) is 6.42 Å². The fraction of sp³-hybridized carbons (Fsp3) is 0.889. The van der Waals surface area contributed by atoms with Crippen molar-refractivity contribution in [2.45, 2.75) is 31.8 Å². The van der Waals surface area contributed by atoms with E-state index < -0.39 is 0 Å². The lowest BCUT2D eigenvalue weighted by molar-refractivity contribution is -0.141. The standard InChI is InChI=1S/C9H13IO2/c10-4-3-6-1-2-8-7(6)5-9(11)12-8/h6-8H,1-5H2/t6-,7?,8?/m0/s1. The Bertz CT molecular complexity index is 191. The smallest absolute Gasteiger partial charge is 0.306 e. The van der Waals surface area contributed by atoms with Crippen molar-refractivity contribution in [2.24, 2.45) is 11.8 Å². The molecule has 12 heavy (non-hydrogen) atoms. The van der Waals surface area contributed by atoms with Crippen molar-refractivity contribution in [3.8, 4) is 0 Å². The maximum atomic E-state index is 11.0. The van der Waals surface area contributed by atoms with Crippen molar-refractivity contribution in [3.05, 3.63) is 0 Å². The van der Waals surface area contributed by atoms with Crippen LogP contribution in [0.5, 0.6) is 0 Å². The number of hydrogen-bond acceptors (Lipinski definition) is 2. The second kappa shape index (κ2) is 3.52. The monoisotopic (exact) mass is 280 g/mol. The van der Waals surface area contributed by atoms with E-state index in [9.17, 15) is 4.79 Å². The van der Waals surface area contributed by atoms with Crippen molar-refractivity contribution in [1.29, 1.82) is 0 Å². The first-order chi connectivity index (χ1) is 5.81. The van der Waals surface area contributed by atoms with Gasteiger partial charge in [-0.25, -0.2) is 0 Å². The third kappa shape index (κ3) is 1.47. The highest BCUT2D eigenvalue weighted by Gasteiger charge is 2.43. The Morgan fingerprint density at radius 1 is 1.50 bits per heavy atom. The molecule has 1 heterocycles. The number of fused-ring (bicyclic) bond motifs is 1. The summed E-state index contributed by atoms with van der Waals surface area (Å²) in [5.74, 6) is 1.36. The maximum Gasteiger partial charge on any atom is 0.306 e. The largest absolute Gasteiger partial charge is 0.462 e. The fourth-order valence-electron chi connectivity index (χ4n) is 2.46. The summed E-state index contributed by atoms with van der Waals surface area (Å²) in [5.41, 5.74) is 0. The molecule has 0 N–H and O–H groups in total. The molecule has 0 aromatic carbocycles. The van der Waals surface area contributed by atoms with Crippen LogP contribution in [0.1, 0.15) is 25.7 Å². The Morgan fingerprint density at radius 2 is 2.33 bits per heavy atom. The van der Waals surface area contributed by atoms with Gasteiger partial charge in [-0.3, -0.25) is 4.79 Å². The number of hydrogen-bond donors (Lipinski definition) is 0. The normalized spacial score (nSPS) is 39.8. The van der Waals surface area contributed by atoms with Gasteiger partial charge in [0.15, 0.2) is 0 Å². The highest BCUT2D eigenvalue weighted by molar-refractivity contribution is 14.1. The summed E-state index contributed by atoms with van der Waals surface area (Å²) in [4.78, 5) is 11.0. The fourth-order valence-corrected chi connectivity index (χ4v) is 3.26. The molecule has 0 amide bonds. The molecular formula is C9H13IO2. The van der Waals surface area contributed by atoms with Gasteiger partial charge >= 0.3 is 5.97 Å². The van der Waals surface area contributed by atoms with Gasteiger partial charge in [-0.05, 0) is 29.6 Å². The predicted octanol–water partition coefficient (Wildman–Crippen LogP) is 2.15. The van der Waals surface area contributed by atoms with Crippen LogP contribution in [0.15, 0.2) is 0 Å². The molecule has 2 nitrogen and oxygen atoms in total. The van der Waals surface area contributed by atoms with E-state index in [1.807, 2.05) is 0 Å². The van der Waals surface area contributed by atoms with E-state index in [2.05, 4.69) is 22.6 Å². The molecule has 1 aliphatic carbocycles. The van der Waals surface area contributed by atoms with Crippen LogP contribution in [0.25, 0.3) is 0 Å². The lowest BCUT2D eigenvalue weighted by Crippen LogP contribution is -2.13. The van der Waals surface area contributed by atoms with Crippen LogP contribution >= 0.6 is 22.6 Å². The summed E-state index contributed by atoms with van der Waals surface area (Å²) in [6, 6.07) is 0. The minimum atomic E-state index is 0.0307. The molecule has 0 radical (unpaired) electrons. The summed E-state index contributed by atoms with van der Waals surface area (Å²) in [6.07, 6.45) is 4.61. The summed E-state index contributed by atoms with van der Waals surface area (Å²) < 4.78 is 6.43. The first-order valence-electron chi connectivity index (χ1n) is 4.56. The summed E-state index contributed by atoms with van der Waals surface area (Å²) in [7, 11) is 0. The Hall–Kier alpha value is 0.200. The van der Waals surface area contributed by atoms with Gasteiger partial charge < -0.3 is 4.74 Å². The molecule has 2 rings (SSSR count). The molecule has 2 aliphatic rings. The van der Waals surface area contributed by atoms with Gasteiger partial charge in [0.2, 0.25) is 0 Å². The van der Waals surface area contributed by atoms with Crippen LogP contribution in [0.2, 0.25) is 0 Å². The third-order valence-electron chi connectivity index (χ3n) is 3.07. The van der Waals surface area contributed by atoms with Crippen LogP contribution in [0.4, 0.5) is 0 Å². The van der Waals surface area contributed by atoms with Crippen molar-refractivity contribution in [3.63, 3.8) is 0 Å². The molecule has 68 valence electrons. The van der Waals surface area contributed by atoms with Crippen LogP contribution in [-0.2, 0) is 9.53 Å². The van der Waals surface area contributed by atoms with Crippen LogP contribution in [0, 0.1) is 11.8 Å². The Kier molecular flexibility index (Phi) is 2.57. The first kappa shape index (κ1) is 8.78. The van der Waals surface area contributed by atoms with E-state index in [-0.39, 0.29) is 12.1 Å². The Labute approximate surface area is 86.2 Å². The minimum absolute atomic E-state index is 0.0307. The Morgan fingerprint density at radius 3 is 3.08 bits per heavy atom. The van der Waals surface area contributed by atoms with E-state index in [0.29, 0.717) is 12.3 Å². The van der Waals surface area contributed by atoms with Crippen LogP contribution < -0.4 is 0 Å². The highest BCUT2D eigenvalue weighted by Crippen LogP contribution is 2.42. The van der Waals surface area contributed by atoms with Crippen molar-refractivity contribution < 1.29 is 9.53 Å². The zero-order valence-corrected chi connectivity index (χ0v) is 9.12. The van der Waals surface area contributed by atoms with Crippen molar-refractivity contribution in [1.82, 2.24) is 0 Å². The zero-order chi connectivity index (χ0) is 8.55. The SMILES string of the molecule is O=C1CC2C(CC[C@H]2CCI)O1. The van der Waals surface area contributed by atoms with Crippen molar-refractivity contribution in [2.75, 3.05) is 4.43 Å². The average molecular weight is 280 g/mol. The molecule has 2 unspecified atom stereocenters. The van der Waals surface area contributed by atoms with Crippen LogP contribution in [-0.4, -0.2) is 16.5 Å². The second-order valence-corrected chi connectivity index (χ2v) is 4.79. The number of carbonyl (C=O) groups excluding carboxylic acids is 1. The lowest BCUT2D eigenvalue weighted by Gasteiger charge is -2.13. The zero-order valence-electron chi connectivity index (χ0n) is 6.96. The van der Waals surface area contributed by atoms with E-state index >= 15 is 0 Å². The van der Waals surface area contributed by atoms with Gasteiger partial charge in [-0.2, -0.15) is 0 Å².